The molecule has 1 aliphatic heterocycles. The molecule has 2 rings (SSSR count). The monoisotopic (exact) mass is 243 g/mol. The number of aromatic nitrogens is 2. The zero-order valence-electron chi connectivity index (χ0n) is 10.0. The molecule has 0 radical (unpaired) electrons. The Morgan fingerprint density at radius 1 is 1.56 bits per heavy atom. The molecule has 1 saturated heterocycles. The minimum Gasteiger partial charge on any atom is -0.380 e. The third-order valence-corrected chi connectivity index (χ3v) is 3.69. The van der Waals surface area contributed by atoms with Gasteiger partial charge < -0.3 is 4.74 Å². The van der Waals surface area contributed by atoms with Crippen LogP contribution in [0.5, 0.6) is 0 Å². The number of rotatable bonds is 3. The summed E-state index contributed by atoms with van der Waals surface area (Å²) in [5.74, 6) is 0. The number of nitrogens with zero attached hydrogens (tertiary/aromatic N) is 3. The van der Waals surface area contributed by atoms with Crippen LogP contribution in [0.15, 0.2) is 0 Å². The van der Waals surface area contributed by atoms with E-state index in [1.807, 2.05) is 14.0 Å². The molecular weight excluding hydrogens is 226 g/mol. The number of aryl methyl sites for hydroxylation is 2. The summed E-state index contributed by atoms with van der Waals surface area (Å²) < 4.78 is 7.08. The van der Waals surface area contributed by atoms with Gasteiger partial charge in [-0.3, -0.25) is 9.58 Å². The minimum absolute atomic E-state index is 0.371. The maximum Gasteiger partial charge on any atom is 0.131 e. The molecule has 1 atom stereocenters. The van der Waals surface area contributed by atoms with Gasteiger partial charge in [-0.2, -0.15) is 5.10 Å². The van der Waals surface area contributed by atoms with Gasteiger partial charge in [0.05, 0.1) is 11.8 Å². The van der Waals surface area contributed by atoms with E-state index in [0.717, 1.165) is 42.5 Å². The Labute approximate surface area is 101 Å². The van der Waals surface area contributed by atoms with Gasteiger partial charge in [0, 0.05) is 39.4 Å². The Kier molecular flexibility index (Phi) is 3.52. The molecular formula is C11H18ClN3O. The zero-order valence-corrected chi connectivity index (χ0v) is 10.8. The van der Waals surface area contributed by atoms with Crippen LogP contribution in [0.1, 0.15) is 17.7 Å². The predicted octanol–water partition coefficient (Wildman–Crippen LogP) is 1.60. The lowest BCUT2D eigenvalue weighted by Crippen LogP contribution is -2.22. The number of halogens is 1. The van der Waals surface area contributed by atoms with Crippen LogP contribution in [0.4, 0.5) is 0 Å². The van der Waals surface area contributed by atoms with Gasteiger partial charge in [-0.25, -0.2) is 0 Å². The van der Waals surface area contributed by atoms with Crippen LogP contribution in [0, 0.1) is 6.92 Å². The van der Waals surface area contributed by atoms with Crippen molar-refractivity contribution in [3.05, 3.63) is 16.4 Å². The van der Waals surface area contributed by atoms with Gasteiger partial charge >= 0.3 is 0 Å². The van der Waals surface area contributed by atoms with Crippen molar-refractivity contribution >= 4 is 11.6 Å². The zero-order chi connectivity index (χ0) is 11.7. The topological polar surface area (TPSA) is 30.3 Å². The molecule has 2 heterocycles. The van der Waals surface area contributed by atoms with E-state index < -0.39 is 0 Å². The van der Waals surface area contributed by atoms with Crippen molar-refractivity contribution in [3.63, 3.8) is 0 Å². The van der Waals surface area contributed by atoms with Crippen molar-refractivity contribution in [2.45, 2.75) is 26.0 Å². The van der Waals surface area contributed by atoms with Crippen LogP contribution in [0.2, 0.25) is 5.15 Å². The van der Waals surface area contributed by atoms with Crippen molar-refractivity contribution in [2.75, 3.05) is 20.2 Å². The lowest BCUT2D eigenvalue weighted by molar-refractivity contribution is 0.107. The van der Waals surface area contributed by atoms with Crippen molar-refractivity contribution in [2.24, 2.45) is 7.05 Å². The molecule has 0 amide bonds. The number of hydrogen-bond acceptors (Lipinski definition) is 3. The van der Waals surface area contributed by atoms with Crippen LogP contribution in [-0.4, -0.2) is 41.0 Å². The van der Waals surface area contributed by atoms with E-state index in [-0.39, 0.29) is 0 Å². The molecule has 0 saturated carbocycles. The molecule has 5 heteroatoms. The van der Waals surface area contributed by atoms with Crippen molar-refractivity contribution in [1.82, 2.24) is 14.7 Å². The van der Waals surface area contributed by atoms with Gasteiger partial charge in [0.15, 0.2) is 0 Å². The second-order valence-corrected chi connectivity index (χ2v) is 4.72. The average Bonchev–Trinajstić information content (AvgIpc) is 2.80. The Morgan fingerprint density at radius 3 is 2.81 bits per heavy atom. The second-order valence-electron chi connectivity index (χ2n) is 4.36. The fourth-order valence-electron chi connectivity index (χ4n) is 2.21. The van der Waals surface area contributed by atoms with Crippen LogP contribution >= 0.6 is 11.6 Å². The van der Waals surface area contributed by atoms with Gasteiger partial charge in [0.1, 0.15) is 5.15 Å². The second kappa shape index (κ2) is 4.73. The Hall–Kier alpha value is -0.580. The molecule has 1 aromatic rings. The van der Waals surface area contributed by atoms with E-state index >= 15 is 0 Å². The molecule has 0 N–H and O–H groups in total. The van der Waals surface area contributed by atoms with Gasteiger partial charge in [0.25, 0.3) is 0 Å². The number of ether oxygens (including phenoxy) is 1. The highest BCUT2D eigenvalue weighted by atomic mass is 35.5. The van der Waals surface area contributed by atoms with Crippen LogP contribution in [0.3, 0.4) is 0 Å². The molecule has 90 valence electrons. The largest absolute Gasteiger partial charge is 0.380 e. The maximum atomic E-state index is 6.21. The lowest BCUT2D eigenvalue weighted by atomic mass is 10.2. The summed E-state index contributed by atoms with van der Waals surface area (Å²) in [5.41, 5.74) is 2.16. The summed E-state index contributed by atoms with van der Waals surface area (Å²) in [4.78, 5) is 2.37. The van der Waals surface area contributed by atoms with E-state index in [1.165, 1.54) is 0 Å². The average molecular weight is 244 g/mol. The van der Waals surface area contributed by atoms with E-state index in [4.69, 9.17) is 16.3 Å². The first kappa shape index (κ1) is 11.9. The summed E-state index contributed by atoms with van der Waals surface area (Å²) in [7, 11) is 3.65. The smallest absolute Gasteiger partial charge is 0.131 e. The Bertz CT molecular complexity index is 378. The van der Waals surface area contributed by atoms with Gasteiger partial charge in [-0.05, 0) is 13.3 Å². The van der Waals surface area contributed by atoms with Gasteiger partial charge in [-0.1, -0.05) is 11.6 Å². The first-order chi connectivity index (χ1) is 7.61. The Morgan fingerprint density at radius 2 is 2.31 bits per heavy atom. The maximum absolute atomic E-state index is 6.21. The number of likely N-dealkylation sites (tertiary alicyclic amines) is 1. The molecule has 1 aliphatic rings. The molecule has 0 bridgehead atoms. The predicted molar refractivity (Wildman–Crippen MR) is 63.6 cm³/mol. The summed E-state index contributed by atoms with van der Waals surface area (Å²) in [6.07, 6.45) is 1.48. The minimum atomic E-state index is 0.371. The molecule has 0 spiro atoms. The molecule has 1 unspecified atom stereocenters. The van der Waals surface area contributed by atoms with E-state index in [2.05, 4.69) is 10.00 Å². The summed E-state index contributed by atoms with van der Waals surface area (Å²) in [6.45, 7) is 4.94. The third kappa shape index (κ3) is 2.24. The normalized spacial score (nSPS) is 21.9. The highest BCUT2D eigenvalue weighted by molar-refractivity contribution is 6.30. The van der Waals surface area contributed by atoms with Crippen LogP contribution in [-0.2, 0) is 18.3 Å². The molecule has 0 aromatic carbocycles. The number of hydrogen-bond donors (Lipinski definition) is 0. The third-order valence-electron chi connectivity index (χ3n) is 3.21. The fourth-order valence-corrected chi connectivity index (χ4v) is 2.44. The molecule has 0 aliphatic carbocycles. The molecule has 1 aromatic heterocycles. The highest BCUT2D eigenvalue weighted by Crippen LogP contribution is 2.23. The summed E-state index contributed by atoms with van der Waals surface area (Å²) in [6, 6.07) is 0. The first-order valence-corrected chi connectivity index (χ1v) is 5.92. The molecule has 4 nitrogen and oxygen atoms in total. The summed E-state index contributed by atoms with van der Waals surface area (Å²) in [5, 5.41) is 5.07. The first-order valence-electron chi connectivity index (χ1n) is 5.55. The standard InChI is InChI=1S/C11H18ClN3O/c1-8-10(11(12)14(2)13-8)7-15-5-4-9(6-15)16-3/h9H,4-7H2,1-3H3. The van der Waals surface area contributed by atoms with Gasteiger partial charge in [0.2, 0.25) is 0 Å². The SMILES string of the molecule is COC1CCN(Cc2c(C)nn(C)c2Cl)C1. The summed E-state index contributed by atoms with van der Waals surface area (Å²) >= 11 is 6.21. The number of methoxy groups -OCH3 is 1. The van der Waals surface area contributed by atoms with Crippen molar-refractivity contribution < 1.29 is 4.74 Å². The van der Waals surface area contributed by atoms with Crippen LogP contribution in [0.25, 0.3) is 0 Å². The van der Waals surface area contributed by atoms with Crippen molar-refractivity contribution in [3.8, 4) is 0 Å². The fraction of sp³-hybridized carbons (Fsp3) is 0.727. The lowest BCUT2D eigenvalue weighted by Gasteiger charge is -2.15. The van der Waals surface area contributed by atoms with Crippen LogP contribution < -0.4 is 0 Å². The van der Waals surface area contributed by atoms with Gasteiger partial charge in [-0.15, -0.1) is 0 Å². The highest BCUT2D eigenvalue weighted by Gasteiger charge is 2.24. The van der Waals surface area contributed by atoms with E-state index in [9.17, 15) is 0 Å². The Balaban J connectivity index is 2.04. The quantitative estimate of drug-likeness (QED) is 0.808. The van der Waals surface area contributed by atoms with E-state index in [0.29, 0.717) is 6.10 Å². The van der Waals surface area contributed by atoms with E-state index in [1.54, 1.807) is 11.8 Å². The molecule has 16 heavy (non-hydrogen) atoms. The molecule has 1 fully saturated rings. The van der Waals surface area contributed by atoms with Crippen molar-refractivity contribution in [1.29, 1.82) is 0 Å².